The molecule has 0 aromatic rings. The summed E-state index contributed by atoms with van der Waals surface area (Å²) in [6.45, 7) is 8.87. The number of rotatable bonds is 1. The van der Waals surface area contributed by atoms with Crippen molar-refractivity contribution in [2.75, 3.05) is 39.4 Å². The highest BCUT2D eigenvalue weighted by atomic mass is 16.5. The van der Waals surface area contributed by atoms with Crippen LogP contribution in [0, 0.1) is 5.92 Å². The molecular formula is C13H22N2O2. The Morgan fingerprint density at radius 3 is 2.47 bits per heavy atom. The largest absolute Gasteiger partial charge is 0.378 e. The van der Waals surface area contributed by atoms with Gasteiger partial charge in [0.1, 0.15) is 0 Å². The lowest BCUT2D eigenvalue weighted by Crippen LogP contribution is -2.49. The highest BCUT2D eigenvalue weighted by Crippen LogP contribution is 2.19. The lowest BCUT2D eigenvalue weighted by molar-refractivity contribution is 0.0439. The molecule has 4 nitrogen and oxygen atoms in total. The third kappa shape index (κ3) is 3.00. The summed E-state index contributed by atoms with van der Waals surface area (Å²) in [4.78, 5) is 16.0. The number of carbonyl (C=O) groups excluding carboxylic acids is 1. The Morgan fingerprint density at radius 2 is 1.94 bits per heavy atom. The van der Waals surface area contributed by atoms with E-state index in [0.717, 1.165) is 32.6 Å². The number of urea groups is 1. The minimum Gasteiger partial charge on any atom is -0.378 e. The Morgan fingerprint density at radius 1 is 1.24 bits per heavy atom. The molecule has 0 bridgehead atoms. The van der Waals surface area contributed by atoms with E-state index in [-0.39, 0.29) is 6.03 Å². The van der Waals surface area contributed by atoms with Gasteiger partial charge in [-0.05, 0) is 12.3 Å². The molecule has 2 aliphatic rings. The number of hydrogen-bond donors (Lipinski definition) is 0. The lowest BCUT2D eigenvalue weighted by atomic mass is 9.97. The van der Waals surface area contributed by atoms with Crippen LogP contribution in [0.25, 0.3) is 0 Å². The number of nitrogens with zero attached hydrogens (tertiary/aromatic N) is 2. The van der Waals surface area contributed by atoms with Gasteiger partial charge in [-0.2, -0.15) is 0 Å². The first-order valence-corrected chi connectivity index (χ1v) is 6.49. The molecule has 0 saturated carbocycles. The molecule has 0 N–H and O–H groups in total. The molecule has 17 heavy (non-hydrogen) atoms. The quantitative estimate of drug-likeness (QED) is 0.652. The van der Waals surface area contributed by atoms with Crippen molar-refractivity contribution in [3.8, 4) is 0 Å². The zero-order chi connectivity index (χ0) is 12.3. The van der Waals surface area contributed by atoms with Gasteiger partial charge in [0.25, 0.3) is 0 Å². The van der Waals surface area contributed by atoms with Gasteiger partial charge in [0, 0.05) is 26.2 Å². The molecule has 2 heterocycles. The van der Waals surface area contributed by atoms with Crippen LogP contribution in [0.4, 0.5) is 4.79 Å². The molecule has 0 atom stereocenters. The third-order valence-corrected chi connectivity index (χ3v) is 3.54. The Hall–Kier alpha value is -1.03. The van der Waals surface area contributed by atoms with Crippen LogP contribution in [-0.2, 0) is 4.74 Å². The first-order chi connectivity index (χ1) is 8.18. The predicted octanol–water partition coefficient (Wildman–Crippen LogP) is 1.73. The number of morpholine rings is 1. The highest BCUT2D eigenvalue weighted by molar-refractivity contribution is 5.75. The first kappa shape index (κ1) is 12.4. The summed E-state index contributed by atoms with van der Waals surface area (Å²) in [5.74, 6) is 0.607. The molecule has 4 heteroatoms. The summed E-state index contributed by atoms with van der Waals surface area (Å²) in [5, 5.41) is 0. The summed E-state index contributed by atoms with van der Waals surface area (Å²) >= 11 is 0. The predicted molar refractivity (Wildman–Crippen MR) is 66.9 cm³/mol. The molecule has 0 unspecified atom stereocenters. The second kappa shape index (κ2) is 5.54. The maximum absolute atomic E-state index is 12.2. The molecule has 96 valence electrons. The minimum absolute atomic E-state index is 0.173. The molecule has 2 rings (SSSR count). The molecule has 2 aliphatic heterocycles. The molecule has 1 fully saturated rings. The first-order valence-electron chi connectivity index (χ1n) is 6.49. The average molecular weight is 238 g/mol. The van der Waals surface area contributed by atoms with Crippen molar-refractivity contribution in [2.24, 2.45) is 5.92 Å². The fourth-order valence-electron chi connectivity index (χ4n) is 2.34. The van der Waals surface area contributed by atoms with Crippen molar-refractivity contribution in [3.63, 3.8) is 0 Å². The van der Waals surface area contributed by atoms with E-state index in [1.807, 2.05) is 9.80 Å². The van der Waals surface area contributed by atoms with E-state index in [9.17, 15) is 4.79 Å². The van der Waals surface area contributed by atoms with E-state index >= 15 is 0 Å². The second-order valence-electron chi connectivity index (χ2n) is 5.01. The Labute approximate surface area is 103 Å². The van der Waals surface area contributed by atoms with Crippen molar-refractivity contribution >= 4 is 6.03 Å². The van der Waals surface area contributed by atoms with Crippen LogP contribution in [0.3, 0.4) is 0 Å². The molecule has 1 saturated heterocycles. The topological polar surface area (TPSA) is 32.8 Å². The lowest BCUT2D eigenvalue weighted by Gasteiger charge is -2.34. The van der Waals surface area contributed by atoms with E-state index in [1.165, 1.54) is 5.57 Å². The van der Waals surface area contributed by atoms with Crippen LogP contribution < -0.4 is 0 Å². The fourth-order valence-corrected chi connectivity index (χ4v) is 2.34. The maximum atomic E-state index is 12.2. The normalized spacial score (nSPS) is 21.7. The van der Waals surface area contributed by atoms with Gasteiger partial charge in [-0.3, -0.25) is 0 Å². The van der Waals surface area contributed by atoms with Crippen molar-refractivity contribution in [2.45, 2.75) is 20.3 Å². The molecule has 0 aromatic carbocycles. The molecule has 0 aliphatic carbocycles. The monoisotopic (exact) mass is 238 g/mol. The number of hydrogen-bond acceptors (Lipinski definition) is 2. The Kier molecular flexibility index (Phi) is 4.05. The van der Waals surface area contributed by atoms with E-state index in [4.69, 9.17) is 4.74 Å². The average Bonchev–Trinajstić information content (AvgIpc) is 2.39. The standard InChI is InChI=1S/C13H22N2O2/c1-11(2)12-3-5-14(6-4-12)13(16)15-7-9-17-10-8-15/h3,11H,4-10H2,1-2H3. The zero-order valence-corrected chi connectivity index (χ0v) is 10.8. The number of carbonyl (C=O) groups is 1. The van der Waals surface area contributed by atoms with E-state index in [0.29, 0.717) is 19.1 Å². The fraction of sp³-hybridized carbons (Fsp3) is 0.769. The molecule has 0 spiro atoms. The SMILES string of the molecule is CC(C)C1=CCN(C(=O)N2CCOCC2)CC1. The minimum atomic E-state index is 0.173. The Balaban J connectivity index is 1.89. The summed E-state index contributed by atoms with van der Waals surface area (Å²) in [5.41, 5.74) is 1.48. The van der Waals surface area contributed by atoms with E-state index < -0.39 is 0 Å². The summed E-state index contributed by atoms with van der Waals surface area (Å²) in [7, 11) is 0. The third-order valence-electron chi connectivity index (χ3n) is 3.54. The van der Waals surface area contributed by atoms with Crippen LogP contribution >= 0.6 is 0 Å². The summed E-state index contributed by atoms with van der Waals surface area (Å²) in [6.07, 6.45) is 3.24. The van der Waals surface area contributed by atoms with Gasteiger partial charge >= 0.3 is 6.03 Å². The smallest absolute Gasteiger partial charge is 0.320 e. The van der Waals surface area contributed by atoms with Crippen molar-refractivity contribution in [1.82, 2.24) is 9.80 Å². The van der Waals surface area contributed by atoms with Gasteiger partial charge in [-0.1, -0.05) is 25.5 Å². The van der Waals surface area contributed by atoms with Gasteiger partial charge < -0.3 is 14.5 Å². The maximum Gasteiger partial charge on any atom is 0.320 e. The molecule has 2 amide bonds. The van der Waals surface area contributed by atoms with Gasteiger partial charge in [-0.15, -0.1) is 0 Å². The number of ether oxygens (including phenoxy) is 1. The van der Waals surface area contributed by atoms with Crippen molar-refractivity contribution in [1.29, 1.82) is 0 Å². The van der Waals surface area contributed by atoms with Crippen LogP contribution in [-0.4, -0.2) is 55.2 Å². The zero-order valence-electron chi connectivity index (χ0n) is 10.8. The molecule has 0 radical (unpaired) electrons. The van der Waals surface area contributed by atoms with Crippen LogP contribution in [0.1, 0.15) is 20.3 Å². The van der Waals surface area contributed by atoms with Gasteiger partial charge in [-0.25, -0.2) is 4.79 Å². The van der Waals surface area contributed by atoms with Crippen LogP contribution in [0.2, 0.25) is 0 Å². The van der Waals surface area contributed by atoms with E-state index in [1.54, 1.807) is 0 Å². The van der Waals surface area contributed by atoms with Gasteiger partial charge in [0.15, 0.2) is 0 Å². The van der Waals surface area contributed by atoms with E-state index in [2.05, 4.69) is 19.9 Å². The number of amides is 2. The molecule has 0 aromatic heterocycles. The second-order valence-corrected chi connectivity index (χ2v) is 5.01. The Bertz CT molecular complexity index is 307. The van der Waals surface area contributed by atoms with Crippen LogP contribution in [0.5, 0.6) is 0 Å². The van der Waals surface area contributed by atoms with Gasteiger partial charge in [0.05, 0.1) is 13.2 Å². The van der Waals surface area contributed by atoms with Crippen LogP contribution in [0.15, 0.2) is 11.6 Å². The summed E-state index contributed by atoms with van der Waals surface area (Å²) in [6, 6.07) is 0.173. The van der Waals surface area contributed by atoms with Gasteiger partial charge in [0.2, 0.25) is 0 Å². The highest BCUT2D eigenvalue weighted by Gasteiger charge is 2.24. The molecular weight excluding hydrogens is 216 g/mol. The van der Waals surface area contributed by atoms with Crippen molar-refractivity contribution < 1.29 is 9.53 Å². The van der Waals surface area contributed by atoms with Crippen molar-refractivity contribution in [3.05, 3.63) is 11.6 Å². The summed E-state index contributed by atoms with van der Waals surface area (Å²) < 4.78 is 5.26.